The lowest BCUT2D eigenvalue weighted by atomic mass is 10.0. The van der Waals surface area contributed by atoms with Crippen molar-refractivity contribution in [2.45, 2.75) is 33.7 Å². The first kappa shape index (κ1) is 13.7. The van der Waals surface area contributed by atoms with E-state index in [0.29, 0.717) is 11.6 Å². The molecular formula is C13H17N3O2S. The predicted molar refractivity (Wildman–Crippen MR) is 76.8 cm³/mol. The van der Waals surface area contributed by atoms with Crippen molar-refractivity contribution in [2.24, 2.45) is 5.92 Å². The zero-order chi connectivity index (χ0) is 14.2. The molecular weight excluding hydrogens is 262 g/mol. The number of hydrogen-bond acceptors (Lipinski definition) is 5. The molecule has 2 rings (SSSR count). The van der Waals surface area contributed by atoms with Gasteiger partial charge in [-0.3, -0.25) is 0 Å². The standard InChI is InChI=1S/C13H17N3O2S/c1-6(2)10(13(17)18)16-11-9-7(3)5-19-12(9)15-8(4)14-11/h5-6,10H,1-4H3,(H,17,18)(H,14,15,16)/t10-/m0/s1. The Labute approximate surface area is 115 Å². The first-order valence-electron chi connectivity index (χ1n) is 6.12. The number of aromatic nitrogens is 2. The van der Waals surface area contributed by atoms with E-state index in [2.05, 4.69) is 15.3 Å². The van der Waals surface area contributed by atoms with Crippen LogP contribution < -0.4 is 5.32 Å². The van der Waals surface area contributed by atoms with Crippen molar-refractivity contribution in [2.75, 3.05) is 5.32 Å². The number of aryl methyl sites for hydroxylation is 2. The number of rotatable bonds is 4. The minimum absolute atomic E-state index is 0.0261. The molecule has 6 heteroatoms. The van der Waals surface area contributed by atoms with E-state index in [9.17, 15) is 9.90 Å². The second-order valence-electron chi connectivity index (χ2n) is 4.92. The summed E-state index contributed by atoms with van der Waals surface area (Å²) in [6.07, 6.45) is 0. The maximum absolute atomic E-state index is 11.3. The third kappa shape index (κ3) is 2.68. The van der Waals surface area contributed by atoms with Gasteiger partial charge in [0.1, 0.15) is 22.5 Å². The number of aliphatic carboxylic acids is 1. The summed E-state index contributed by atoms with van der Waals surface area (Å²) in [5.41, 5.74) is 1.07. The van der Waals surface area contributed by atoms with Gasteiger partial charge in [-0.1, -0.05) is 13.8 Å². The van der Waals surface area contributed by atoms with Gasteiger partial charge in [0.25, 0.3) is 0 Å². The monoisotopic (exact) mass is 279 g/mol. The molecule has 5 nitrogen and oxygen atoms in total. The van der Waals surface area contributed by atoms with Gasteiger partial charge >= 0.3 is 5.97 Å². The molecule has 0 saturated carbocycles. The number of carboxylic acids is 1. The SMILES string of the molecule is Cc1nc(N[C@H](C(=O)O)C(C)C)c2c(C)csc2n1. The van der Waals surface area contributed by atoms with E-state index in [0.717, 1.165) is 15.8 Å². The topological polar surface area (TPSA) is 75.1 Å². The van der Waals surface area contributed by atoms with Crippen LogP contribution in [0.4, 0.5) is 5.82 Å². The van der Waals surface area contributed by atoms with Crippen molar-refractivity contribution in [1.82, 2.24) is 9.97 Å². The highest BCUT2D eigenvalue weighted by atomic mass is 32.1. The van der Waals surface area contributed by atoms with Crippen molar-refractivity contribution in [1.29, 1.82) is 0 Å². The largest absolute Gasteiger partial charge is 0.480 e. The Hall–Kier alpha value is -1.69. The summed E-state index contributed by atoms with van der Waals surface area (Å²) >= 11 is 1.55. The molecule has 2 heterocycles. The lowest BCUT2D eigenvalue weighted by molar-refractivity contribution is -0.138. The fourth-order valence-electron chi connectivity index (χ4n) is 1.96. The fourth-order valence-corrected chi connectivity index (χ4v) is 2.92. The molecule has 0 aliphatic heterocycles. The minimum Gasteiger partial charge on any atom is -0.480 e. The van der Waals surface area contributed by atoms with E-state index in [4.69, 9.17) is 0 Å². The Bertz CT molecular complexity index is 622. The summed E-state index contributed by atoms with van der Waals surface area (Å²) < 4.78 is 0. The zero-order valence-corrected chi connectivity index (χ0v) is 12.2. The smallest absolute Gasteiger partial charge is 0.326 e. The first-order chi connectivity index (χ1) is 8.90. The van der Waals surface area contributed by atoms with Crippen LogP contribution >= 0.6 is 11.3 Å². The lowest BCUT2D eigenvalue weighted by Crippen LogP contribution is -2.34. The van der Waals surface area contributed by atoms with E-state index in [1.54, 1.807) is 11.3 Å². The number of nitrogens with zero attached hydrogens (tertiary/aromatic N) is 2. The second-order valence-corrected chi connectivity index (χ2v) is 5.78. The van der Waals surface area contributed by atoms with Crippen molar-refractivity contribution in [3.05, 3.63) is 16.8 Å². The Balaban J connectivity index is 2.49. The minimum atomic E-state index is -0.868. The van der Waals surface area contributed by atoms with Crippen LogP contribution in [0.25, 0.3) is 10.2 Å². The number of thiophene rings is 1. The Morgan fingerprint density at radius 3 is 2.63 bits per heavy atom. The summed E-state index contributed by atoms with van der Waals surface area (Å²) in [6, 6.07) is -0.656. The molecule has 0 aliphatic rings. The molecule has 0 amide bonds. The molecule has 102 valence electrons. The van der Waals surface area contributed by atoms with Crippen LogP contribution in [0.1, 0.15) is 25.2 Å². The van der Waals surface area contributed by atoms with Crippen LogP contribution in [-0.2, 0) is 4.79 Å². The van der Waals surface area contributed by atoms with Crippen LogP contribution in [0.2, 0.25) is 0 Å². The average molecular weight is 279 g/mol. The Morgan fingerprint density at radius 2 is 2.05 bits per heavy atom. The van der Waals surface area contributed by atoms with Gasteiger partial charge in [0.2, 0.25) is 0 Å². The van der Waals surface area contributed by atoms with Crippen molar-refractivity contribution >= 4 is 33.3 Å². The third-order valence-corrected chi connectivity index (χ3v) is 3.94. The van der Waals surface area contributed by atoms with Gasteiger partial charge in [-0.2, -0.15) is 0 Å². The van der Waals surface area contributed by atoms with Gasteiger partial charge in [-0.15, -0.1) is 11.3 Å². The summed E-state index contributed by atoms with van der Waals surface area (Å²) in [5.74, 6) is 0.362. The van der Waals surface area contributed by atoms with E-state index in [-0.39, 0.29) is 5.92 Å². The fraction of sp³-hybridized carbons (Fsp3) is 0.462. The highest BCUT2D eigenvalue weighted by molar-refractivity contribution is 7.17. The predicted octanol–water partition coefficient (Wildman–Crippen LogP) is 2.83. The molecule has 0 aliphatic carbocycles. The maximum atomic E-state index is 11.3. The highest BCUT2D eigenvalue weighted by Gasteiger charge is 2.23. The number of carbonyl (C=O) groups is 1. The molecule has 0 spiro atoms. The van der Waals surface area contributed by atoms with Crippen molar-refractivity contribution in [3.63, 3.8) is 0 Å². The highest BCUT2D eigenvalue weighted by Crippen LogP contribution is 2.30. The summed E-state index contributed by atoms with van der Waals surface area (Å²) in [4.78, 5) is 20.9. The van der Waals surface area contributed by atoms with E-state index in [1.165, 1.54) is 0 Å². The van der Waals surface area contributed by atoms with Gasteiger partial charge in [0.15, 0.2) is 0 Å². The number of carboxylic acid groups (broad SMARTS) is 1. The number of nitrogens with one attached hydrogen (secondary N) is 1. The molecule has 0 fully saturated rings. The normalized spacial score (nSPS) is 12.9. The lowest BCUT2D eigenvalue weighted by Gasteiger charge is -2.19. The maximum Gasteiger partial charge on any atom is 0.326 e. The Kier molecular flexibility index (Phi) is 3.71. The molecule has 0 radical (unpaired) electrons. The third-order valence-electron chi connectivity index (χ3n) is 2.95. The average Bonchev–Trinajstić information content (AvgIpc) is 2.66. The number of fused-ring (bicyclic) bond motifs is 1. The van der Waals surface area contributed by atoms with E-state index in [1.807, 2.05) is 33.1 Å². The first-order valence-corrected chi connectivity index (χ1v) is 7.00. The van der Waals surface area contributed by atoms with Crippen LogP contribution in [0.15, 0.2) is 5.38 Å². The molecule has 0 bridgehead atoms. The molecule has 1 atom stereocenters. The molecule has 2 aromatic rings. The van der Waals surface area contributed by atoms with Gasteiger partial charge in [0, 0.05) is 0 Å². The van der Waals surface area contributed by atoms with Gasteiger partial charge < -0.3 is 10.4 Å². The van der Waals surface area contributed by atoms with Gasteiger partial charge in [-0.05, 0) is 30.7 Å². The quantitative estimate of drug-likeness (QED) is 0.900. The second kappa shape index (κ2) is 5.13. The van der Waals surface area contributed by atoms with Crippen LogP contribution in [0.3, 0.4) is 0 Å². The summed E-state index contributed by atoms with van der Waals surface area (Å²) in [7, 11) is 0. The van der Waals surface area contributed by atoms with Crippen molar-refractivity contribution in [3.8, 4) is 0 Å². The van der Waals surface area contributed by atoms with E-state index < -0.39 is 12.0 Å². The van der Waals surface area contributed by atoms with Crippen LogP contribution in [0, 0.1) is 19.8 Å². The van der Waals surface area contributed by atoms with E-state index >= 15 is 0 Å². The molecule has 19 heavy (non-hydrogen) atoms. The zero-order valence-electron chi connectivity index (χ0n) is 11.4. The van der Waals surface area contributed by atoms with Gasteiger partial charge in [-0.25, -0.2) is 14.8 Å². The Morgan fingerprint density at radius 1 is 1.37 bits per heavy atom. The number of hydrogen-bond donors (Lipinski definition) is 2. The van der Waals surface area contributed by atoms with Crippen molar-refractivity contribution < 1.29 is 9.90 Å². The molecule has 2 N–H and O–H groups in total. The summed E-state index contributed by atoms with van der Waals surface area (Å²) in [5, 5.41) is 15.2. The molecule has 2 aromatic heterocycles. The van der Waals surface area contributed by atoms with Crippen LogP contribution in [-0.4, -0.2) is 27.1 Å². The molecule has 0 unspecified atom stereocenters. The molecule has 0 aromatic carbocycles. The van der Waals surface area contributed by atoms with Crippen LogP contribution in [0.5, 0.6) is 0 Å². The summed E-state index contributed by atoms with van der Waals surface area (Å²) in [6.45, 7) is 7.54. The molecule has 0 saturated heterocycles. The van der Waals surface area contributed by atoms with Gasteiger partial charge in [0.05, 0.1) is 5.39 Å². The number of anilines is 1.